The minimum Gasteiger partial charge on any atom is -0.484 e. The normalized spacial score (nSPS) is 12.8. The lowest BCUT2D eigenvalue weighted by Crippen LogP contribution is -2.37. The van der Waals surface area contributed by atoms with Crippen molar-refractivity contribution in [2.24, 2.45) is 5.92 Å². The second-order valence-electron chi connectivity index (χ2n) is 7.63. The van der Waals surface area contributed by atoms with E-state index in [1.54, 1.807) is 31.3 Å². The van der Waals surface area contributed by atoms with E-state index in [-0.39, 0.29) is 36.8 Å². The van der Waals surface area contributed by atoms with Gasteiger partial charge in [0, 0.05) is 30.4 Å². The molecule has 0 aliphatic heterocycles. The molecule has 3 rings (SSSR count). The van der Waals surface area contributed by atoms with Gasteiger partial charge in [-0.25, -0.2) is 0 Å². The van der Waals surface area contributed by atoms with Crippen molar-refractivity contribution in [2.75, 3.05) is 30.8 Å². The summed E-state index contributed by atoms with van der Waals surface area (Å²) >= 11 is 0. The largest absolute Gasteiger partial charge is 0.484 e. The van der Waals surface area contributed by atoms with E-state index in [4.69, 9.17) is 4.74 Å². The molecular weight excluding hydrogens is 382 g/mol. The van der Waals surface area contributed by atoms with Gasteiger partial charge in [0.15, 0.2) is 6.61 Å². The zero-order valence-corrected chi connectivity index (χ0v) is 17.5. The molecule has 1 saturated carbocycles. The zero-order chi connectivity index (χ0) is 21.7. The van der Waals surface area contributed by atoms with Gasteiger partial charge in [0.05, 0.1) is 6.54 Å². The number of aryl methyl sites for hydroxylation is 1. The number of carbonyl (C=O) groups excluding carboxylic acids is 3. The number of amides is 3. The Balaban J connectivity index is 1.47. The lowest BCUT2D eigenvalue weighted by molar-refractivity contribution is -0.135. The third kappa shape index (κ3) is 5.83. The monoisotopic (exact) mass is 409 g/mol. The Hall–Kier alpha value is -3.35. The summed E-state index contributed by atoms with van der Waals surface area (Å²) in [6.45, 7) is 3.64. The van der Waals surface area contributed by atoms with Crippen LogP contribution >= 0.6 is 0 Å². The van der Waals surface area contributed by atoms with Gasteiger partial charge >= 0.3 is 0 Å². The number of ether oxygens (including phenoxy) is 1. The summed E-state index contributed by atoms with van der Waals surface area (Å²) in [7, 11) is 1.56. The summed E-state index contributed by atoms with van der Waals surface area (Å²) in [5, 5.41) is 5.68. The molecule has 0 unspecified atom stereocenters. The van der Waals surface area contributed by atoms with Crippen LogP contribution in [0.2, 0.25) is 0 Å². The molecule has 0 bridgehead atoms. The van der Waals surface area contributed by atoms with Crippen LogP contribution in [0.5, 0.6) is 5.75 Å². The van der Waals surface area contributed by atoms with E-state index in [9.17, 15) is 14.4 Å². The van der Waals surface area contributed by atoms with E-state index in [2.05, 4.69) is 10.6 Å². The smallest absolute Gasteiger partial charge is 0.260 e. The number of carbonyl (C=O) groups is 3. The molecule has 1 aliphatic carbocycles. The molecule has 2 aromatic carbocycles. The van der Waals surface area contributed by atoms with Gasteiger partial charge in [0.25, 0.3) is 5.91 Å². The second-order valence-corrected chi connectivity index (χ2v) is 7.63. The Bertz CT molecular complexity index is 953. The summed E-state index contributed by atoms with van der Waals surface area (Å²) in [6, 6.07) is 12.6. The maximum atomic E-state index is 12.3. The topological polar surface area (TPSA) is 87.7 Å². The van der Waals surface area contributed by atoms with Crippen molar-refractivity contribution in [3.8, 4) is 5.75 Å². The molecule has 2 N–H and O–H groups in total. The van der Waals surface area contributed by atoms with Gasteiger partial charge in [-0.15, -0.1) is 0 Å². The standard InChI is InChI=1S/C23H27N3O4/c1-15-6-4-9-20(16(15)2)25-21(27)13-26(3)22(28)14-30-19-8-5-7-18(12-19)24-23(29)17-10-11-17/h4-9,12,17H,10-11,13-14H2,1-3H3,(H,24,29)(H,25,27). The highest BCUT2D eigenvalue weighted by molar-refractivity contribution is 5.95. The Morgan fingerprint density at radius 1 is 1.07 bits per heavy atom. The van der Waals surface area contributed by atoms with E-state index in [0.29, 0.717) is 11.4 Å². The molecule has 7 nitrogen and oxygen atoms in total. The molecule has 0 radical (unpaired) electrons. The molecule has 2 aromatic rings. The average molecular weight is 409 g/mol. The van der Waals surface area contributed by atoms with Crippen LogP contribution in [-0.4, -0.2) is 42.8 Å². The van der Waals surface area contributed by atoms with Crippen molar-refractivity contribution >= 4 is 29.1 Å². The Labute approximate surface area is 176 Å². The summed E-state index contributed by atoms with van der Waals surface area (Å²) < 4.78 is 5.55. The minimum atomic E-state index is -0.321. The first-order chi connectivity index (χ1) is 14.3. The number of nitrogens with zero attached hydrogens (tertiary/aromatic N) is 1. The number of benzene rings is 2. The highest BCUT2D eigenvalue weighted by Gasteiger charge is 2.29. The Morgan fingerprint density at radius 3 is 2.53 bits per heavy atom. The molecule has 0 spiro atoms. The van der Waals surface area contributed by atoms with Crippen LogP contribution in [-0.2, 0) is 14.4 Å². The van der Waals surface area contributed by atoms with Gasteiger partial charge in [0.2, 0.25) is 11.8 Å². The average Bonchev–Trinajstić information content (AvgIpc) is 3.55. The first-order valence-electron chi connectivity index (χ1n) is 9.97. The summed E-state index contributed by atoms with van der Waals surface area (Å²) in [5.41, 5.74) is 3.46. The maximum Gasteiger partial charge on any atom is 0.260 e. The molecule has 0 heterocycles. The number of hydrogen-bond acceptors (Lipinski definition) is 4. The minimum absolute atomic E-state index is 0.0119. The predicted molar refractivity (Wildman–Crippen MR) is 115 cm³/mol. The van der Waals surface area contributed by atoms with Crippen molar-refractivity contribution in [1.82, 2.24) is 4.90 Å². The zero-order valence-electron chi connectivity index (χ0n) is 17.5. The fraction of sp³-hybridized carbons (Fsp3) is 0.348. The van der Waals surface area contributed by atoms with Crippen LogP contribution in [0.1, 0.15) is 24.0 Å². The third-order valence-corrected chi connectivity index (χ3v) is 5.10. The number of anilines is 2. The number of nitrogens with one attached hydrogen (secondary N) is 2. The SMILES string of the molecule is Cc1cccc(NC(=O)CN(C)C(=O)COc2cccc(NC(=O)C3CC3)c2)c1C. The second kappa shape index (κ2) is 9.43. The molecular formula is C23H27N3O4. The highest BCUT2D eigenvalue weighted by Crippen LogP contribution is 2.30. The molecule has 3 amide bonds. The van der Waals surface area contributed by atoms with Crippen LogP contribution in [0, 0.1) is 19.8 Å². The van der Waals surface area contributed by atoms with Crippen molar-refractivity contribution in [2.45, 2.75) is 26.7 Å². The molecule has 158 valence electrons. The molecule has 0 saturated heterocycles. The molecule has 7 heteroatoms. The van der Waals surface area contributed by atoms with Gasteiger partial charge in [-0.1, -0.05) is 18.2 Å². The first-order valence-corrected chi connectivity index (χ1v) is 9.97. The van der Waals surface area contributed by atoms with Gasteiger partial charge in [-0.05, 0) is 56.0 Å². The summed E-state index contributed by atoms with van der Waals surface area (Å²) in [5.74, 6) is 0.00501. The van der Waals surface area contributed by atoms with Crippen LogP contribution in [0.25, 0.3) is 0 Å². The Kier molecular flexibility index (Phi) is 6.72. The van der Waals surface area contributed by atoms with Gasteiger partial charge in [-0.2, -0.15) is 0 Å². The number of hydrogen-bond donors (Lipinski definition) is 2. The van der Waals surface area contributed by atoms with Gasteiger partial charge < -0.3 is 20.3 Å². The number of likely N-dealkylation sites (N-methyl/N-ethyl adjacent to an activating group) is 1. The maximum absolute atomic E-state index is 12.3. The van der Waals surface area contributed by atoms with Crippen molar-refractivity contribution in [1.29, 1.82) is 0 Å². The van der Waals surface area contributed by atoms with E-state index >= 15 is 0 Å². The summed E-state index contributed by atoms with van der Waals surface area (Å²) in [6.07, 6.45) is 1.86. The third-order valence-electron chi connectivity index (χ3n) is 5.10. The highest BCUT2D eigenvalue weighted by atomic mass is 16.5. The fourth-order valence-electron chi connectivity index (χ4n) is 2.89. The quantitative estimate of drug-likeness (QED) is 0.701. The molecule has 0 atom stereocenters. The molecule has 0 aromatic heterocycles. The van der Waals surface area contributed by atoms with E-state index in [1.807, 2.05) is 32.0 Å². The molecule has 1 aliphatic rings. The van der Waals surface area contributed by atoms with Gasteiger partial charge in [0.1, 0.15) is 5.75 Å². The Morgan fingerprint density at radius 2 is 1.80 bits per heavy atom. The number of rotatable bonds is 8. The lowest BCUT2D eigenvalue weighted by Gasteiger charge is -2.18. The molecule has 30 heavy (non-hydrogen) atoms. The molecule has 1 fully saturated rings. The van der Waals surface area contributed by atoms with E-state index in [0.717, 1.165) is 29.7 Å². The fourth-order valence-corrected chi connectivity index (χ4v) is 2.89. The van der Waals surface area contributed by atoms with E-state index < -0.39 is 0 Å². The predicted octanol–water partition coefficient (Wildman–Crippen LogP) is 3.13. The van der Waals surface area contributed by atoms with Gasteiger partial charge in [-0.3, -0.25) is 14.4 Å². The first kappa shape index (κ1) is 21.4. The van der Waals surface area contributed by atoms with Crippen LogP contribution < -0.4 is 15.4 Å². The van der Waals surface area contributed by atoms with Crippen LogP contribution in [0.15, 0.2) is 42.5 Å². The summed E-state index contributed by atoms with van der Waals surface area (Å²) in [4.78, 5) is 37.8. The van der Waals surface area contributed by atoms with Crippen molar-refractivity contribution < 1.29 is 19.1 Å². The van der Waals surface area contributed by atoms with Crippen LogP contribution in [0.3, 0.4) is 0 Å². The van der Waals surface area contributed by atoms with E-state index in [1.165, 1.54) is 4.90 Å². The van der Waals surface area contributed by atoms with Crippen LogP contribution in [0.4, 0.5) is 11.4 Å². The lowest BCUT2D eigenvalue weighted by atomic mass is 10.1. The van der Waals surface area contributed by atoms with Crippen molar-refractivity contribution in [3.63, 3.8) is 0 Å². The van der Waals surface area contributed by atoms with Crippen molar-refractivity contribution in [3.05, 3.63) is 53.6 Å².